The predicted molar refractivity (Wildman–Crippen MR) is 87.8 cm³/mol. The Morgan fingerprint density at radius 1 is 1.22 bits per heavy atom. The Bertz CT molecular complexity index is 804. The van der Waals surface area contributed by atoms with Crippen molar-refractivity contribution in [3.8, 4) is 10.6 Å². The molecule has 116 valence electrons. The second-order valence-electron chi connectivity index (χ2n) is 4.87. The van der Waals surface area contributed by atoms with E-state index in [9.17, 15) is 9.18 Å². The molecule has 0 atom stereocenters. The van der Waals surface area contributed by atoms with E-state index in [-0.39, 0.29) is 5.56 Å². The number of pyridine rings is 1. The lowest BCUT2D eigenvalue weighted by Gasteiger charge is -2.04. The highest BCUT2D eigenvalue weighted by molar-refractivity contribution is 7.13. The highest BCUT2D eigenvalue weighted by Gasteiger charge is 2.10. The standard InChI is InChI=1S/C17H14FN3OS/c18-15-6-2-1-5-14(15)16(22)20-9-7-13-11-23-17(21-13)12-4-3-8-19-10-12/h1-6,8,10-11H,7,9H2,(H,20,22). The Kier molecular flexibility index (Phi) is 4.73. The lowest BCUT2D eigenvalue weighted by Crippen LogP contribution is -2.26. The van der Waals surface area contributed by atoms with Gasteiger partial charge in [0, 0.05) is 36.3 Å². The minimum atomic E-state index is -0.516. The summed E-state index contributed by atoms with van der Waals surface area (Å²) in [5, 5.41) is 5.56. The van der Waals surface area contributed by atoms with Crippen LogP contribution in [0.1, 0.15) is 16.1 Å². The van der Waals surface area contributed by atoms with Crippen molar-refractivity contribution in [3.05, 3.63) is 71.2 Å². The van der Waals surface area contributed by atoms with Crippen LogP contribution in [0.15, 0.2) is 54.2 Å². The molecule has 0 aliphatic rings. The molecule has 0 aliphatic heterocycles. The van der Waals surface area contributed by atoms with Crippen LogP contribution in [0.5, 0.6) is 0 Å². The molecule has 2 aromatic heterocycles. The third kappa shape index (κ3) is 3.78. The molecule has 0 bridgehead atoms. The fourth-order valence-electron chi connectivity index (χ4n) is 2.09. The van der Waals surface area contributed by atoms with Crippen molar-refractivity contribution in [2.45, 2.75) is 6.42 Å². The lowest BCUT2D eigenvalue weighted by atomic mass is 10.2. The molecule has 0 saturated carbocycles. The summed E-state index contributed by atoms with van der Waals surface area (Å²) in [7, 11) is 0. The van der Waals surface area contributed by atoms with Crippen LogP contribution in [0, 0.1) is 5.82 Å². The van der Waals surface area contributed by atoms with Crippen LogP contribution in [0.3, 0.4) is 0 Å². The molecule has 0 aliphatic carbocycles. The Hall–Kier alpha value is -2.60. The van der Waals surface area contributed by atoms with Gasteiger partial charge in [-0.1, -0.05) is 12.1 Å². The Morgan fingerprint density at radius 2 is 2.09 bits per heavy atom. The third-order valence-electron chi connectivity index (χ3n) is 3.25. The van der Waals surface area contributed by atoms with Crippen LogP contribution >= 0.6 is 11.3 Å². The molecule has 0 saturated heterocycles. The van der Waals surface area contributed by atoms with Crippen molar-refractivity contribution in [2.75, 3.05) is 6.54 Å². The number of benzene rings is 1. The number of halogens is 1. The molecule has 0 fully saturated rings. The van der Waals surface area contributed by atoms with Gasteiger partial charge in [-0.3, -0.25) is 9.78 Å². The molecule has 6 heteroatoms. The number of rotatable bonds is 5. The normalized spacial score (nSPS) is 10.5. The van der Waals surface area contributed by atoms with Gasteiger partial charge in [-0.05, 0) is 24.3 Å². The minimum Gasteiger partial charge on any atom is -0.352 e. The number of carbonyl (C=O) groups excluding carboxylic acids is 1. The monoisotopic (exact) mass is 327 g/mol. The summed E-state index contributed by atoms with van der Waals surface area (Å²) < 4.78 is 13.5. The molecule has 1 aromatic carbocycles. The van der Waals surface area contributed by atoms with E-state index in [1.165, 1.54) is 23.5 Å². The van der Waals surface area contributed by atoms with Crippen molar-refractivity contribution >= 4 is 17.2 Å². The van der Waals surface area contributed by atoms with Crippen LogP contribution in [0.25, 0.3) is 10.6 Å². The molecule has 0 radical (unpaired) electrons. The zero-order chi connectivity index (χ0) is 16.1. The van der Waals surface area contributed by atoms with Crippen LogP contribution in [-0.4, -0.2) is 22.4 Å². The fraction of sp³-hybridized carbons (Fsp3) is 0.118. The Labute approximate surface area is 137 Å². The van der Waals surface area contributed by atoms with Crippen molar-refractivity contribution < 1.29 is 9.18 Å². The van der Waals surface area contributed by atoms with Gasteiger partial charge in [-0.25, -0.2) is 9.37 Å². The number of hydrogen-bond donors (Lipinski definition) is 1. The Morgan fingerprint density at radius 3 is 2.87 bits per heavy atom. The summed E-state index contributed by atoms with van der Waals surface area (Å²) in [5.41, 5.74) is 1.92. The van der Waals surface area contributed by atoms with Gasteiger partial charge < -0.3 is 5.32 Å². The van der Waals surface area contributed by atoms with Crippen LogP contribution in [0.4, 0.5) is 4.39 Å². The van der Waals surface area contributed by atoms with Crippen LogP contribution in [-0.2, 0) is 6.42 Å². The topological polar surface area (TPSA) is 54.9 Å². The zero-order valence-electron chi connectivity index (χ0n) is 12.2. The maximum atomic E-state index is 13.5. The highest BCUT2D eigenvalue weighted by Crippen LogP contribution is 2.22. The summed E-state index contributed by atoms with van der Waals surface area (Å²) in [5.74, 6) is -0.927. The van der Waals surface area contributed by atoms with Gasteiger partial charge in [0.25, 0.3) is 5.91 Å². The van der Waals surface area contributed by atoms with Gasteiger partial charge in [-0.2, -0.15) is 0 Å². The number of hydrogen-bond acceptors (Lipinski definition) is 4. The van der Waals surface area contributed by atoms with E-state index in [0.717, 1.165) is 16.3 Å². The first-order valence-corrected chi connectivity index (χ1v) is 7.99. The quantitative estimate of drug-likeness (QED) is 0.782. The summed E-state index contributed by atoms with van der Waals surface area (Å²) in [4.78, 5) is 20.5. The molecule has 0 spiro atoms. The minimum absolute atomic E-state index is 0.0572. The molecule has 3 rings (SSSR count). The summed E-state index contributed by atoms with van der Waals surface area (Å²) in [6, 6.07) is 9.75. The van der Waals surface area contributed by atoms with Gasteiger partial charge in [0.05, 0.1) is 11.3 Å². The number of amides is 1. The zero-order valence-corrected chi connectivity index (χ0v) is 13.0. The first kappa shape index (κ1) is 15.3. The van der Waals surface area contributed by atoms with Crippen molar-refractivity contribution in [1.82, 2.24) is 15.3 Å². The van der Waals surface area contributed by atoms with Gasteiger partial charge in [0.2, 0.25) is 0 Å². The Balaban J connectivity index is 1.56. The average molecular weight is 327 g/mol. The number of carbonyl (C=O) groups is 1. The summed E-state index contributed by atoms with van der Waals surface area (Å²) in [6.07, 6.45) is 4.08. The first-order chi connectivity index (χ1) is 11.2. The van der Waals surface area contributed by atoms with Gasteiger partial charge in [0.1, 0.15) is 10.8 Å². The number of aromatic nitrogens is 2. The van der Waals surface area contributed by atoms with Crippen molar-refractivity contribution in [1.29, 1.82) is 0 Å². The van der Waals surface area contributed by atoms with Crippen LogP contribution in [0.2, 0.25) is 0 Å². The van der Waals surface area contributed by atoms with E-state index < -0.39 is 11.7 Å². The van der Waals surface area contributed by atoms with E-state index in [2.05, 4.69) is 15.3 Å². The smallest absolute Gasteiger partial charge is 0.254 e. The lowest BCUT2D eigenvalue weighted by molar-refractivity contribution is 0.0950. The van der Waals surface area contributed by atoms with Crippen molar-refractivity contribution in [3.63, 3.8) is 0 Å². The average Bonchev–Trinajstić information content (AvgIpc) is 3.05. The van der Waals surface area contributed by atoms with E-state index in [0.29, 0.717) is 13.0 Å². The number of nitrogens with zero attached hydrogens (tertiary/aromatic N) is 2. The third-order valence-corrected chi connectivity index (χ3v) is 4.19. The SMILES string of the molecule is O=C(NCCc1csc(-c2cccnc2)n1)c1ccccc1F. The van der Waals surface area contributed by atoms with Gasteiger partial charge >= 0.3 is 0 Å². The molecule has 2 heterocycles. The van der Waals surface area contributed by atoms with E-state index in [1.807, 2.05) is 17.5 Å². The fourth-order valence-corrected chi connectivity index (χ4v) is 2.93. The highest BCUT2D eigenvalue weighted by atomic mass is 32.1. The van der Waals surface area contributed by atoms with Crippen LogP contribution < -0.4 is 5.32 Å². The molecular weight excluding hydrogens is 313 g/mol. The molecule has 3 aromatic rings. The van der Waals surface area contributed by atoms with E-state index in [4.69, 9.17) is 0 Å². The van der Waals surface area contributed by atoms with E-state index in [1.54, 1.807) is 24.5 Å². The second kappa shape index (κ2) is 7.11. The second-order valence-corrected chi connectivity index (χ2v) is 5.73. The number of nitrogens with one attached hydrogen (secondary N) is 1. The largest absolute Gasteiger partial charge is 0.352 e. The molecule has 23 heavy (non-hydrogen) atoms. The summed E-state index contributed by atoms with van der Waals surface area (Å²) >= 11 is 1.54. The first-order valence-electron chi connectivity index (χ1n) is 7.11. The maximum Gasteiger partial charge on any atom is 0.254 e. The molecule has 0 unspecified atom stereocenters. The van der Waals surface area contributed by atoms with Crippen molar-refractivity contribution in [2.24, 2.45) is 0 Å². The maximum absolute atomic E-state index is 13.5. The molecule has 1 N–H and O–H groups in total. The molecule has 1 amide bonds. The molecular formula is C17H14FN3OS. The predicted octanol–water partition coefficient (Wildman–Crippen LogP) is 3.32. The number of thiazole rings is 1. The van der Waals surface area contributed by atoms with Gasteiger partial charge in [-0.15, -0.1) is 11.3 Å². The van der Waals surface area contributed by atoms with E-state index >= 15 is 0 Å². The summed E-state index contributed by atoms with van der Waals surface area (Å²) in [6.45, 7) is 0.406. The van der Waals surface area contributed by atoms with Gasteiger partial charge in [0.15, 0.2) is 0 Å². The molecule has 4 nitrogen and oxygen atoms in total.